The summed E-state index contributed by atoms with van der Waals surface area (Å²) in [5.74, 6) is 0.671. The smallest absolute Gasteiger partial charge is 0.348 e. The largest absolute Gasteiger partial charge is 0.496 e. The molecule has 1 aromatic heterocycles. The van der Waals surface area contributed by atoms with Crippen LogP contribution in [0.5, 0.6) is 5.75 Å². The van der Waals surface area contributed by atoms with Crippen molar-refractivity contribution in [3.05, 3.63) is 82.2 Å². The molecule has 0 fully saturated rings. The van der Waals surface area contributed by atoms with Gasteiger partial charge in [0.1, 0.15) is 5.75 Å². The second kappa shape index (κ2) is 6.89. The van der Waals surface area contributed by atoms with Gasteiger partial charge in [-0.25, -0.2) is 4.79 Å². The lowest BCUT2D eigenvalue weighted by molar-refractivity contribution is 0.417. The number of halogens is 1. The van der Waals surface area contributed by atoms with Gasteiger partial charge in [-0.3, -0.25) is 4.57 Å². The van der Waals surface area contributed by atoms with Crippen LogP contribution in [0, 0.1) is 0 Å². The second-order valence-electron chi connectivity index (χ2n) is 6.25. The van der Waals surface area contributed by atoms with E-state index in [0.29, 0.717) is 16.5 Å². The molecule has 4 rings (SSSR count). The third-order valence-corrected chi connectivity index (χ3v) is 4.85. The van der Waals surface area contributed by atoms with Gasteiger partial charge in [0.15, 0.2) is 0 Å². The van der Waals surface area contributed by atoms with Crippen molar-refractivity contribution in [3.8, 4) is 28.1 Å². The third-order valence-electron chi connectivity index (χ3n) is 4.61. The summed E-state index contributed by atoms with van der Waals surface area (Å²) in [5.41, 5.74) is 3.83. The molecule has 0 saturated heterocycles. The zero-order valence-electron chi connectivity index (χ0n) is 14.9. The summed E-state index contributed by atoms with van der Waals surface area (Å²) < 4.78 is 7.14. The molecular weight excluding hydrogens is 360 g/mol. The molecule has 0 atom stereocenters. The molecule has 0 spiro atoms. The van der Waals surface area contributed by atoms with Crippen molar-refractivity contribution in [2.75, 3.05) is 7.11 Å². The Morgan fingerprint density at radius 3 is 2.41 bits per heavy atom. The molecule has 0 saturated carbocycles. The monoisotopic (exact) mass is 376 g/mol. The van der Waals surface area contributed by atoms with E-state index < -0.39 is 0 Å². The summed E-state index contributed by atoms with van der Waals surface area (Å²) in [6, 6.07) is 21.2. The Kier molecular flexibility index (Phi) is 4.42. The highest BCUT2D eigenvalue weighted by molar-refractivity contribution is 6.30. The average Bonchev–Trinajstić information content (AvgIpc) is 2.70. The first-order chi connectivity index (χ1) is 13.1. The Bertz CT molecular complexity index is 1200. The molecule has 5 heteroatoms. The van der Waals surface area contributed by atoms with Gasteiger partial charge < -0.3 is 4.74 Å². The van der Waals surface area contributed by atoms with E-state index in [9.17, 15) is 4.79 Å². The van der Waals surface area contributed by atoms with Gasteiger partial charge in [0.2, 0.25) is 0 Å². The Labute approximate surface area is 161 Å². The number of rotatable bonds is 3. The SMILES string of the molecule is COc1cc2c(cc1-c1cccc(Cl)c1)c(-c1ccccc1)nc(=O)n2C. The number of aromatic nitrogens is 2. The fraction of sp³-hybridized carbons (Fsp3) is 0.0909. The lowest BCUT2D eigenvalue weighted by Crippen LogP contribution is -2.21. The number of methoxy groups -OCH3 is 1. The van der Waals surface area contributed by atoms with Gasteiger partial charge in [-0.15, -0.1) is 0 Å². The fourth-order valence-electron chi connectivity index (χ4n) is 3.24. The van der Waals surface area contributed by atoms with Gasteiger partial charge in [0.05, 0.1) is 18.3 Å². The quantitative estimate of drug-likeness (QED) is 0.509. The molecule has 4 nitrogen and oxygen atoms in total. The normalized spacial score (nSPS) is 10.9. The molecule has 27 heavy (non-hydrogen) atoms. The zero-order valence-corrected chi connectivity index (χ0v) is 15.7. The molecular formula is C22H17ClN2O2. The Morgan fingerprint density at radius 1 is 0.963 bits per heavy atom. The number of nitrogens with zero attached hydrogens (tertiary/aromatic N) is 2. The molecule has 0 N–H and O–H groups in total. The summed E-state index contributed by atoms with van der Waals surface area (Å²) in [4.78, 5) is 16.7. The van der Waals surface area contributed by atoms with Crippen molar-refractivity contribution in [2.24, 2.45) is 7.05 Å². The molecule has 0 amide bonds. The summed E-state index contributed by atoms with van der Waals surface area (Å²) in [7, 11) is 3.33. The van der Waals surface area contributed by atoms with Gasteiger partial charge in [0, 0.05) is 34.6 Å². The molecule has 0 radical (unpaired) electrons. The Morgan fingerprint density at radius 2 is 1.70 bits per heavy atom. The molecule has 0 unspecified atom stereocenters. The van der Waals surface area contributed by atoms with Gasteiger partial charge in [-0.1, -0.05) is 54.1 Å². The van der Waals surface area contributed by atoms with Crippen LogP contribution in [0.15, 0.2) is 71.5 Å². The predicted molar refractivity (Wildman–Crippen MR) is 109 cm³/mol. The topological polar surface area (TPSA) is 44.1 Å². The maximum Gasteiger partial charge on any atom is 0.348 e. The van der Waals surface area contributed by atoms with Crippen LogP contribution in [-0.4, -0.2) is 16.7 Å². The first-order valence-electron chi connectivity index (χ1n) is 8.48. The van der Waals surface area contributed by atoms with E-state index in [1.807, 2.05) is 66.7 Å². The summed E-state index contributed by atoms with van der Waals surface area (Å²) in [6.07, 6.45) is 0. The number of benzene rings is 3. The van der Waals surface area contributed by atoms with Crippen molar-refractivity contribution in [2.45, 2.75) is 0 Å². The summed E-state index contributed by atoms with van der Waals surface area (Å²) >= 11 is 6.18. The van der Waals surface area contributed by atoms with E-state index in [2.05, 4.69) is 4.98 Å². The summed E-state index contributed by atoms with van der Waals surface area (Å²) in [5, 5.41) is 1.52. The van der Waals surface area contributed by atoms with E-state index in [0.717, 1.165) is 27.6 Å². The van der Waals surface area contributed by atoms with Crippen LogP contribution in [0.25, 0.3) is 33.3 Å². The highest BCUT2D eigenvalue weighted by atomic mass is 35.5. The van der Waals surface area contributed by atoms with Crippen molar-refractivity contribution >= 4 is 22.5 Å². The minimum absolute atomic E-state index is 0.307. The van der Waals surface area contributed by atoms with E-state index in [4.69, 9.17) is 16.3 Å². The van der Waals surface area contributed by atoms with Gasteiger partial charge in [-0.05, 0) is 23.8 Å². The number of aryl methyl sites for hydroxylation is 1. The standard InChI is InChI=1S/C22H17ClN2O2/c1-25-19-13-20(27-2)17(15-9-6-10-16(23)11-15)12-18(19)21(24-22(25)26)14-7-4-3-5-8-14/h3-13H,1-2H3. The molecule has 1 heterocycles. The number of hydrogen-bond acceptors (Lipinski definition) is 3. The van der Waals surface area contributed by atoms with Gasteiger partial charge in [0.25, 0.3) is 0 Å². The Hall–Kier alpha value is -3.11. The molecule has 0 aliphatic rings. The number of ether oxygens (including phenoxy) is 1. The van der Waals surface area contributed by atoms with E-state index >= 15 is 0 Å². The van der Waals surface area contributed by atoms with Crippen LogP contribution in [0.3, 0.4) is 0 Å². The number of hydrogen-bond donors (Lipinski definition) is 0. The second-order valence-corrected chi connectivity index (χ2v) is 6.68. The maximum absolute atomic E-state index is 12.4. The van der Waals surface area contributed by atoms with Crippen LogP contribution in [0.4, 0.5) is 0 Å². The predicted octanol–water partition coefficient (Wildman–Crippen LogP) is 4.93. The average molecular weight is 377 g/mol. The van der Waals surface area contributed by atoms with Crippen molar-refractivity contribution in [1.82, 2.24) is 9.55 Å². The molecule has 0 aliphatic carbocycles. The van der Waals surface area contributed by atoms with E-state index in [1.54, 1.807) is 14.2 Å². The van der Waals surface area contributed by atoms with Crippen LogP contribution in [0.1, 0.15) is 0 Å². The van der Waals surface area contributed by atoms with Crippen molar-refractivity contribution in [1.29, 1.82) is 0 Å². The van der Waals surface area contributed by atoms with Crippen LogP contribution >= 0.6 is 11.6 Å². The first-order valence-corrected chi connectivity index (χ1v) is 8.86. The Balaban J connectivity index is 2.10. The van der Waals surface area contributed by atoms with Crippen LogP contribution in [-0.2, 0) is 7.05 Å². The molecule has 4 aromatic rings. The zero-order chi connectivity index (χ0) is 19.0. The minimum Gasteiger partial charge on any atom is -0.496 e. The first kappa shape index (κ1) is 17.3. The fourth-order valence-corrected chi connectivity index (χ4v) is 3.43. The molecule has 134 valence electrons. The number of fused-ring (bicyclic) bond motifs is 1. The van der Waals surface area contributed by atoms with E-state index in [-0.39, 0.29) is 5.69 Å². The lowest BCUT2D eigenvalue weighted by Gasteiger charge is -2.15. The lowest BCUT2D eigenvalue weighted by atomic mass is 9.99. The maximum atomic E-state index is 12.4. The van der Waals surface area contributed by atoms with Gasteiger partial charge >= 0.3 is 5.69 Å². The van der Waals surface area contributed by atoms with Gasteiger partial charge in [-0.2, -0.15) is 4.98 Å². The molecule has 3 aromatic carbocycles. The third kappa shape index (κ3) is 3.09. The van der Waals surface area contributed by atoms with Crippen molar-refractivity contribution in [3.63, 3.8) is 0 Å². The highest BCUT2D eigenvalue weighted by Crippen LogP contribution is 2.37. The van der Waals surface area contributed by atoms with Crippen molar-refractivity contribution < 1.29 is 4.74 Å². The minimum atomic E-state index is -0.307. The molecule has 0 aliphatic heterocycles. The summed E-state index contributed by atoms with van der Waals surface area (Å²) in [6.45, 7) is 0. The van der Waals surface area contributed by atoms with Crippen LogP contribution in [0.2, 0.25) is 5.02 Å². The molecule has 0 bridgehead atoms. The van der Waals surface area contributed by atoms with Crippen LogP contribution < -0.4 is 10.4 Å². The highest BCUT2D eigenvalue weighted by Gasteiger charge is 2.15. The van der Waals surface area contributed by atoms with E-state index in [1.165, 1.54) is 4.57 Å².